The second-order valence-corrected chi connectivity index (χ2v) is 7.61. The molecular weight excluding hydrogens is 342 g/mol. The van der Waals surface area contributed by atoms with Crippen LogP contribution in [0.25, 0.3) is 0 Å². The minimum Gasteiger partial charge on any atom is -0.481 e. The monoisotopic (exact) mass is 359 g/mol. The van der Waals surface area contributed by atoms with Gasteiger partial charge in [-0.25, -0.2) is 0 Å². The molecule has 1 aliphatic carbocycles. The summed E-state index contributed by atoms with van der Waals surface area (Å²) in [6.07, 6.45) is 5.31. The summed E-state index contributed by atoms with van der Waals surface area (Å²) >= 11 is 4.76. The normalized spacial score (nSPS) is 18.2. The highest BCUT2D eigenvalue weighted by Crippen LogP contribution is 2.35. The van der Waals surface area contributed by atoms with E-state index in [1.807, 2.05) is 0 Å². The van der Waals surface area contributed by atoms with Crippen molar-refractivity contribution >= 4 is 39.1 Å². The molecular formula is C14H18BrNO3S. The number of amides is 1. The van der Waals surface area contributed by atoms with E-state index in [0.29, 0.717) is 18.4 Å². The van der Waals surface area contributed by atoms with Crippen LogP contribution >= 0.6 is 27.3 Å². The van der Waals surface area contributed by atoms with Crippen LogP contribution in [-0.2, 0) is 4.79 Å². The third kappa shape index (κ3) is 3.61. The molecule has 0 bridgehead atoms. The average Bonchev–Trinajstić information content (AvgIpc) is 2.71. The van der Waals surface area contributed by atoms with Crippen molar-refractivity contribution in [1.29, 1.82) is 0 Å². The first-order chi connectivity index (χ1) is 9.53. The Labute approximate surface area is 130 Å². The van der Waals surface area contributed by atoms with Gasteiger partial charge in [0.15, 0.2) is 0 Å². The lowest BCUT2D eigenvalue weighted by Crippen LogP contribution is -2.42. The molecule has 1 amide bonds. The summed E-state index contributed by atoms with van der Waals surface area (Å²) in [6, 6.07) is 1.75. The highest BCUT2D eigenvalue weighted by molar-refractivity contribution is 9.11. The van der Waals surface area contributed by atoms with Crippen LogP contribution in [0.15, 0.2) is 15.2 Å². The van der Waals surface area contributed by atoms with Gasteiger partial charge >= 0.3 is 5.97 Å². The Hall–Kier alpha value is -0.880. The van der Waals surface area contributed by atoms with Crippen molar-refractivity contribution in [2.75, 3.05) is 6.54 Å². The molecule has 0 spiro atoms. The molecule has 110 valence electrons. The van der Waals surface area contributed by atoms with Crippen LogP contribution in [0.5, 0.6) is 0 Å². The highest BCUT2D eigenvalue weighted by Gasteiger charge is 2.38. The zero-order chi connectivity index (χ0) is 14.6. The van der Waals surface area contributed by atoms with Gasteiger partial charge in [0.25, 0.3) is 5.91 Å². The number of aliphatic carboxylic acids is 1. The quantitative estimate of drug-likeness (QED) is 0.806. The van der Waals surface area contributed by atoms with Crippen LogP contribution in [-0.4, -0.2) is 23.5 Å². The number of hydrogen-bond donors (Lipinski definition) is 2. The lowest BCUT2D eigenvalue weighted by Gasteiger charge is -2.28. The van der Waals surface area contributed by atoms with Gasteiger partial charge in [-0.15, -0.1) is 11.3 Å². The Morgan fingerprint density at radius 1 is 1.30 bits per heavy atom. The van der Waals surface area contributed by atoms with Crippen molar-refractivity contribution in [3.8, 4) is 0 Å². The first-order valence-electron chi connectivity index (χ1n) is 6.79. The molecule has 4 nitrogen and oxygen atoms in total. The predicted molar refractivity (Wildman–Crippen MR) is 82.1 cm³/mol. The number of carboxylic acid groups (broad SMARTS) is 1. The molecule has 0 saturated heterocycles. The summed E-state index contributed by atoms with van der Waals surface area (Å²) < 4.78 is 0.894. The Morgan fingerprint density at radius 3 is 2.45 bits per heavy atom. The SMILES string of the molecule is O=C(NCC1(C(=O)O)CCCCCC1)c1csc(Br)c1. The Morgan fingerprint density at radius 2 is 1.95 bits per heavy atom. The molecule has 0 aliphatic heterocycles. The maximum atomic E-state index is 12.0. The first kappa shape index (κ1) is 15.5. The molecule has 1 fully saturated rings. The minimum absolute atomic E-state index is 0.197. The predicted octanol–water partition coefficient (Wildman–Crippen LogP) is 3.67. The number of rotatable bonds is 4. The minimum atomic E-state index is -0.792. The van der Waals surface area contributed by atoms with Crippen LogP contribution < -0.4 is 5.32 Å². The molecule has 2 rings (SSSR count). The van der Waals surface area contributed by atoms with Gasteiger partial charge in [0.2, 0.25) is 0 Å². The number of carboxylic acids is 1. The van der Waals surface area contributed by atoms with Crippen LogP contribution in [0, 0.1) is 5.41 Å². The molecule has 0 unspecified atom stereocenters. The third-order valence-electron chi connectivity index (χ3n) is 3.93. The van der Waals surface area contributed by atoms with Gasteiger partial charge in [0.05, 0.1) is 14.8 Å². The van der Waals surface area contributed by atoms with Gasteiger partial charge in [-0.3, -0.25) is 9.59 Å². The highest BCUT2D eigenvalue weighted by atomic mass is 79.9. The number of hydrogen-bond acceptors (Lipinski definition) is 3. The number of halogens is 1. The third-order valence-corrected chi connectivity index (χ3v) is 5.44. The summed E-state index contributed by atoms with van der Waals surface area (Å²) in [7, 11) is 0. The van der Waals surface area contributed by atoms with E-state index in [4.69, 9.17) is 0 Å². The lowest BCUT2D eigenvalue weighted by atomic mass is 9.80. The van der Waals surface area contributed by atoms with Gasteiger partial charge in [-0.1, -0.05) is 25.7 Å². The number of nitrogens with one attached hydrogen (secondary N) is 1. The zero-order valence-corrected chi connectivity index (χ0v) is 13.6. The topological polar surface area (TPSA) is 66.4 Å². The molecule has 2 N–H and O–H groups in total. The summed E-state index contributed by atoms with van der Waals surface area (Å²) in [5, 5.41) is 14.1. The molecule has 1 aromatic rings. The lowest BCUT2D eigenvalue weighted by molar-refractivity contribution is -0.149. The number of thiophene rings is 1. The summed E-state index contributed by atoms with van der Waals surface area (Å²) in [6.45, 7) is 0.217. The van der Waals surface area contributed by atoms with Crippen LogP contribution in [0.2, 0.25) is 0 Å². The van der Waals surface area contributed by atoms with Crippen molar-refractivity contribution in [3.05, 3.63) is 20.8 Å². The maximum absolute atomic E-state index is 12.0. The fourth-order valence-corrected chi connectivity index (χ4v) is 3.79. The molecule has 1 heterocycles. The second-order valence-electron chi connectivity index (χ2n) is 5.32. The number of carbonyl (C=O) groups is 2. The van der Waals surface area contributed by atoms with Gasteiger partial charge in [-0.05, 0) is 34.8 Å². The van der Waals surface area contributed by atoms with Gasteiger partial charge < -0.3 is 10.4 Å². The van der Waals surface area contributed by atoms with Crippen molar-refractivity contribution in [2.45, 2.75) is 38.5 Å². The molecule has 1 aromatic heterocycles. The smallest absolute Gasteiger partial charge is 0.311 e. The molecule has 6 heteroatoms. The summed E-state index contributed by atoms with van der Waals surface area (Å²) in [5.41, 5.74) is -0.213. The van der Waals surface area contributed by atoms with Gasteiger partial charge in [0.1, 0.15) is 0 Å². The largest absolute Gasteiger partial charge is 0.481 e. The van der Waals surface area contributed by atoms with Crippen molar-refractivity contribution in [3.63, 3.8) is 0 Å². The van der Waals surface area contributed by atoms with E-state index in [-0.39, 0.29) is 12.5 Å². The van der Waals surface area contributed by atoms with Gasteiger partial charge in [-0.2, -0.15) is 0 Å². The van der Waals surface area contributed by atoms with Crippen LogP contribution in [0.4, 0.5) is 0 Å². The average molecular weight is 360 g/mol. The fourth-order valence-electron chi connectivity index (χ4n) is 2.65. The molecule has 0 atom stereocenters. The van der Waals surface area contributed by atoms with Crippen molar-refractivity contribution < 1.29 is 14.7 Å². The van der Waals surface area contributed by atoms with E-state index in [1.54, 1.807) is 11.4 Å². The van der Waals surface area contributed by atoms with E-state index in [0.717, 1.165) is 29.5 Å². The van der Waals surface area contributed by atoms with Crippen LogP contribution in [0.1, 0.15) is 48.9 Å². The summed E-state index contributed by atoms with van der Waals surface area (Å²) in [4.78, 5) is 23.7. The Kier molecular flexibility index (Phi) is 5.21. The van der Waals surface area contributed by atoms with Crippen molar-refractivity contribution in [1.82, 2.24) is 5.32 Å². The molecule has 0 radical (unpaired) electrons. The van der Waals surface area contributed by atoms with Crippen molar-refractivity contribution in [2.24, 2.45) is 5.41 Å². The van der Waals surface area contributed by atoms with E-state index in [2.05, 4.69) is 21.2 Å². The van der Waals surface area contributed by atoms with Crippen LogP contribution in [0.3, 0.4) is 0 Å². The van der Waals surface area contributed by atoms with E-state index >= 15 is 0 Å². The molecule has 0 aromatic carbocycles. The Bertz CT molecular complexity index is 492. The first-order valence-corrected chi connectivity index (χ1v) is 8.46. The maximum Gasteiger partial charge on any atom is 0.311 e. The molecule has 20 heavy (non-hydrogen) atoms. The summed E-state index contributed by atoms with van der Waals surface area (Å²) in [5.74, 6) is -0.983. The van der Waals surface area contributed by atoms with E-state index in [1.165, 1.54) is 11.3 Å². The molecule has 1 aliphatic rings. The second kappa shape index (κ2) is 6.72. The zero-order valence-electron chi connectivity index (χ0n) is 11.2. The molecule has 1 saturated carbocycles. The Balaban J connectivity index is 2.01. The van der Waals surface area contributed by atoms with E-state index in [9.17, 15) is 14.7 Å². The number of carbonyl (C=O) groups excluding carboxylic acids is 1. The standard InChI is InChI=1S/C14H18BrNO3S/c15-11-7-10(8-20-11)12(17)16-9-14(13(18)19)5-3-1-2-4-6-14/h7-8H,1-6,9H2,(H,16,17)(H,18,19). The van der Waals surface area contributed by atoms with E-state index < -0.39 is 11.4 Å². The van der Waals surface area contributed by atoms with Gasteiger partial charge in [0, 0.05) is 11.9 Å². The fraction of sp³-hybridized carbons (Fsp3) is 0.571.